The Kier molecular flexibility index (Phi) is 2.76. The number of nitrogens with zero attached hydrogens (tertiary/aromatic N) is 1. The Bertz CT molecular complexity index is 352. The van der Waals surface area contributed by atoms with Crippen LogP contribution in [0.3, 0.4) is 0 Å². The van der Waals surface area contributed by atoms with Gasteiger partial charge in [-0.05, 0) is 11.0 Å². The highest BCUT2D eigenvalue weighted by atomic mass is 15.1. The molecule has 80 valence electrons. The van der Waals surface area contributed by atoms with Gasteiger partial charge >= 0.3 is 0 Å². The van der Waals surface area contributed by atoms with Crippen molar-refractivity contribution in [2.75, 3.05) is 13.1 Å². The van der Waals surface area contributed by atoms with Crippen LogP contribution >= 0.6 is 0 Å². The van der Waals surface area contributed by atoms with Gasteiger partial charge in [0.25, 0.3) is 0 Å². The second-order valence-corrected chi connectivity index (χ2v) is 4.68. The quantitative estimate of drug-likeness (QED) is 0.799. The summed E-state index contributed by atoms with van der Waals surface area (Å²) in [5, 5.41) is 3.33. The highest BCUT2D eigenvalue weighted by Crippen LogP contribution is 2.27. The Balaban J connectivity index is 2.12. The highest BCUT2D eigenvalue weighted by Gasteiger charge is 2.23. The van der Waals surface area contributed by atoms with Crippen LogP contribution in [0.1, 0.15) is 25.8 Å². The average molecular weight is 202 g/mol. The molecule has 2 heteroatoms. The summed E-state index contributed by atoms with van der Waals surface area (Å²) >= 11 is 0. The Morgan fingerprint density at radius 2 is 2.00 bits per heavy atom. The maximum atomic E-state index is 4.45. The van der Waals surface area contributed by atoms with Crippen molar-refractivity contribution in [3.05, 3.63) is 35.9 Å². The van der Waals surface area contributed by atoms with Gasteiger partial charge < -0.3 is 5.32 Å². The molecule has 1 aromatic rings. The third-order valence-corrected chi connectivity index (χ3v) is 2.91. The first-order chi connectivity index (χ1) is 7.18. The van der Waals surface area contributed by atoms with Gasteiger partial charge in [-0.3, -0.25) is 4.99 Å². The molecular formula is C13H18N2. The van der Waals surface area contributed by atoms with Crippen LogP contribution in [-0.2, 0) is 5.41 Å². The van der Waals surface area contributed by atoms with E-state index in [2.05, 4.69) is 54.5 Å². The van der Waals surface area contributed by atoms with E-state index in [1.165, 1.54) is 5.56 Å². The highest BCUT2D eigenvalue weighted by molar-refractivity contribution is 5.84. The molecule has 1 aromatic carbocycles. The zero-order valence-electron chi connectivity index (χ0n) is 9.46. The lowest BCUT2D eigenvalue weighted by Crippen LogP contribution is -2.28. The number of hydrogen-bond donors (Lipinski definition) is 1. The second-order valence-electron chi connectivity index (χ2n) is 4.68. The molecular weight excluding hydrogens is 184 g/mol. The summed E-state index contributed by atoms with van der Waals surface area (Å²) < 4.78 is 0. The number of rotatable bonds is 3. The van der Waals surface area contributed by atoms with E-state index in [4.69, 9.17) is 0 Å². The molecule has 1 N–H and O–H groups in total. The Morgan fingerprint density at radius 1 is 1.27 bits per heavy atom. The molecule has 2 nitrogen and oxygen atoms in total. The lowest BCUT2D eigenvalue weighted by Gasteiger charge is -2.25. The van der Waals surface area contributed by atoms with Crippen LogP contribution in [0.15, 0.2) is 35.3 Å². The third-order valence-electron chi connectivity index (χ3n) is 2.91. The summed E-state index contributed by atoms with van der Waals surface area (Å²) in [7, 11) is 0. The summed E-state index contributed by atoms with van der Waals surface area (Å²) in [6, 6.07) is 10.6. The van der Waals surface area contributed by atoms with Crippen molar-refractivity contribution < 1.29 is 0 Å². The fourth-order valence-electron chi connectivity index (χ4n) is 1.98. The third kappa shape index (κ3) is 2.38. The number of nitrogens with one attached hydrogen (secondary N) is 1. The van der Waals surface area contributed by atoms with E-state index < -0.39 is 0 Å². The largest absolute Gasteiger partial charge is 0.372 e. The molecule has 0 bridgehead atoms. The van der Waals surface area contributed by atoms with Gasteiger partial charge in [-0.15, -0.1) is 0 Å². The van der Waals surface area contributed by atoms with E-state index in [0.29, 0.717) is 0 Å². The molecule has 1 aliphatic rings. The Hall–Kier alpha value is -1.31. The van der Waals surface area contributed by atoms with Crippen molar-refractivity contribution >= 4 is 5.84 Å². The van der Waals surface area contributed by atoms with E-state index in [1.54, 1.807) is 0 Å². The summed E-state index contributed by atoms with van der Waals surface area (Å²) in [4.78, 5) is 4.45. The molecule has 2 rings (SSSR count). The summed E-state index contributed by atoms with van der Waals surface area (Å²) in [6.07, 6.45) is 0.997. The summed E-state index contributed by atoms with van der Waals surface area (Å²) in [5.74, 6) is 1.16. The molecule has 0 saturated carbocycles. The van der Waals surface area contributed by atoms with Gasteiger partial charge in [-0.2, -0.15) is 0 Å². The van der Waals surface area contributed by atoms with Crippen LogP contribution in [0.25, 0.3) is 0 Å². The minimum Gasteiger partial charge on any atom is -0.372 e. The molecule has 15 heavy (non-hydrogen) atoms. The fraction of sp³-hybridized carbons (Fsp3) is 0.462. The normalized spacial score (nSPS) is 16.0. The topological polar surface area (TPSA) is 24.4 Å². The van der Waals surface area contributed by atoms with Crippen LogP contribution < -0.4 is 5.32 Å². The van der Waals surface area contributed by atoms with E-state index in [-0.39, 0.29) is 5.41 Å². The van der Waals surface area contributed by atoms with E-state index in [0.717, 1.165) is 25.3 Å². The van der Waals surface area contributed by atoms with E-state index in [9.17, 15) is 0 Å². The first-order valence-corrected chi connectivity index (χ1v) is 5.51. The molecule has 0 aromatic heterocycles. The fourth-order valence-corrected chi connectivity index (χ4v) is 1.98. The monoisotopic (exact) mass is 202 g/mol. The lowest BCUT2D eigenvalue weighted by atomic mass is 9.81. The molecule has 0 atom stereocenters. The van der Waals surface area contributed by atoms with Crippen LogP contribution in [0.5, 0.6) is 0 Å². The lowest BCUT2D eigenvalue weighted by molar-refractivity contribution is 0.545. The predicted octanol–water partition coefficient (Wildman–Crippen LogP) is 2.36. The molecule has 0 aliphatic carbocycles. The molecule has 0 unspecified atom stereocenters. The van der Waals surface area contributed by atoms with Gasteiger partial charge in [-0.1, -0.05) is 44.2 Å². The van der Waals surface area contributed by atoms with Gasteiger partial charge in [0.1, 0.15) is 0 Å². The molecule has 0 amide bonds. The zero-order chi connectivity index (χ0) is 10.7. The van der Waals surface area contributed by atoms with Crippen molar-refractivity contribution in [3.8, 4) is 0 Å². The predicted molar refractivity (Wildman–Crippen MR) is 64.4 cm³/mol. The molecule has 0 saturated heterocycles. The average Bonchev–Trinajstić information content (AvgIpc) is 2.71. The first kappa shape index (κ1) is 10.2. The zero-order valence-corrected chi connectivity index (χ0v) is 9.46. The van der Waals surface area contributed by atoms with Gasteiger partial charge in [0, 0.05) is 13.0 Å². The van der Waals surface area contributed by atoms with E-state index >= 15 is 0 Å². The summed E-state index contributed by atoms with van der Waals surface area (Å²) in [5.41, 5.74) is 1.54. The first-order valence-electron chi connectivity index (χ1n) is 5.51. The molecule has 0 radical (unpaired) electrons. The number of aliphatic imine (C=N–C) groups is 1. The minimum atomic E-state index is 0.164. The van der Waals surface area contributed by atoms with Gasteiger partial charge in [0.2, 0.25) is 0 Å². The van der Waals surface area contributed by atoms with Crippen molar-refractivity contribution in [3.63, 3.8) is 0 Å². The SMILES string of the molecule is CC(C)(CC1=NCCN1)c1ccccc1. The van der Waals surface area contributed by atoms with Crippen molar-refractivity contribution in [1.82, 2.24) is 5.32 Å². The van der Waals surface area contributed by atoms with Crippen LogP contribution in [-0.4, -0.2) is 18.9 Å². The van der Waals surface area contributed by atoms with Gasteiger partial charge in [-0.25, -0.2) is 0 Å². The summed E-state index contributed by atoms with van der Waals surface area (Å²) in [6.45, 7) is 6.47. The standard InChI is InChI=1S/C13H18N2/c1-13(2,10-12-14-8-9-15-12)11-6-4-3-5-7-11/h3-7H,8-10H2,1-2H3,(H,14,15). The molecule has 1 heterocycles. The van der Waals surface area contributed by atoms with Crippen LogP contribution in [0.2, 0.25) is 0 Å². The van der Waals surface area contributed by atoms with E-state index in [1.807, 2.05) is 0 Å². The number of benzene rings is 1. The van der Waals surface area contributed by atoms with Crippen molar-refractivity contribution in [1.29, 1.82) is 0 Å². The van der Waals surface area contributed by atoms with Crippen LogP contribution in [0, 0.1) is 0 Å². The number of hydrogen-bond acceptors (Lipinski definition) is 2. The van der Waals surface area contributed by atoms with Gasteiger partial charge in [0.15, 0.2) is 0 Å². The van der Waals surface area contributed by atoms with Crippen molar-refractivity contribution in [2.45, 2.75) is 25.7 Å². The maximum absolute atomic E-state index is 4.45. The maximum Gasteiger partial charge on any atom is 0.0973 e. The number of amidine groups is 1. The smallest absolute Gasteiger partial charge is 0.0973 e. The second kappa shape index (κ2) is 4.05. The Morgan fingerprint density at radius 3 is 2.60 bits per heavy atom. The molecule has 0 spiro atoms. The Labute approximate surface area is 91.4 Å². The van der Waals surface area contributed by atoms with Crippen LogP contribution in [0.4, 0.5) is 0 Å². The minimum absolute atomic E-state index is 0.164. The van der Waals surface area contributed by atoms with Gasteiger partial charge in [0.05, 0.1) is 12.4 Å². The molecule has 0 fully saturated rings. The van der Waals surface area contributed by atoms with Crippen molar-refractivity contribution in [2.24, 2.45) is 4.99 Å². The molecule has 1 aliphatic heterocycles.